The van der Waals surface area contributed by atoms with Crippen LogP contribution in [0.15, 0.2) is 12.4 Å². The van der Waals surface area contributed by atoms with Crippen LogP contribution in [0.4, 0.5) is 5.82 Å². The molecule has 2 atom stereocenters. The van der Waals surface area contributed by atoms with Crippen LogP contribution in [0.2, 0.25) is 0 Å². The topological polar surface area (TPSA) is 58.3 Å². The number of aromatic nitrogens is 2. The zero-order valence-electron chi connectivity index (χ0n) is 10.9. The first-order valence-corrected chi connectivity index (χ1v) is 6.79. The van der Waals surface area contributed by atoms with Crippen molar-refractivity contribution in [3.05, 3.63) is 18.1 Å². The Labute approximate surface area is 108 Å². The van der Waals surface area contributed by atoms with E-state index in [-0.39, 0.29) is 0 Å². The Balaban J connectivity index is 1.81. The first kappa shape index (κ1) is 11.9. The summed E-state index contributed by atoms with van der Waals surface area (Å²) >= 11 is 0. The minimum absolute atomic E-state index is 0.457. The van der Waals surface area contributed by atoms with Crippen molar-refractivity contribution < 1.29 is 0 Å². The van der Waals surface area contributed by atoms with Gasteiger partial charge in [0.05, 0.1) is 11.9 Å². The van der Waals surface area contributed by atoms with E-state index < -0.39 is 0 Å². The van der Waals surface area contributed by atoms with Crippen LogP contribution in [0, 0.1) is 0 Å². The first-order valence-electron chi connectivity index (χ1n) is 6.79. The highest BCUT2D eigenvalue weighted by molar-refractivity contribution is 5.39. The van der Waals surface area contributed by atoms with Crippen LogP contribution in [0.25, 0.3) is 0 Å². The fourth-order valence-corrected chi connectivity index (χ4v) is 3.14. The standard InChI is InChI=1S/C13H21N5/c1-10-8-17-4-2-3-12(17)9-18(10)13-7-15-6-11(5-14)16-13/h6-7,10,12H,2-5,8-9,14H2,1H3. The summed E-state index contributed by atoms with van der Waals surface area (Å²) in [7, 11) is 0. The third-order valence-corrected chi connectivity index (χ3v) is 4.11. The predicted molar refractivity (Wildman–Crippen MR) is 71.3 cm³/mol. The Hall–Kier alpha value is -1.20. The van der Waals surface area contributed by atoms with Crippen molar-refractivity contribution in [3.8, 4) is 0 Å². The molecule has 3 rings (SSSR count). The summed E-state index contributed by atoms with van der Waals surface area (Å²) in [6, 6.07) is 1.20. The average Bonchev–Trinajstić information content (AvgIpc) is 2.85. The van der Waals surface area contributed by atoms with Gasteiger partial charge in [0.2, 0.25) is 0 Å². The van der Waals surface area contributed by atoms with Crippen LogP contribution in [-0.4, -0.2) is 46.6 Å². The fraction of sp³-hybridized carbons (Fsp3) is 0.692. The van der Waals surface area contributed by atoms with Gasteiger partial charge in [-0.1, -0.05) is 0 Å². The normalized spacial score (nSPS) is 28.4. The van der Waals surface area contributed by atoms with Crippen LogP contribution in [-0.2, 0) is 6.54 Å². The van der Waals surface area contributed by atoms with Crippen molar-refractivity contribution in [3.63, 3.8) is 0 Å². The molecule has 0 radical (unpaired) electrons. The predicted octanol–water partition coefficient (Wildman–Crippen LogP) is 0.608. The quantitative estimate of drug-likeness (QED) is 0.829. The van der Waals surface area contributed by atoms with E-state index in [0.29, 0.717) is 18.6 Å². The zero-order chi connectivity index (χ0) is 12.5. The number of piperazine rings is 1. The Morgan fingerprint density at radius 2 is 2.28 bits per heavy atom. The second kappa shape index (κ2) is 4.82. The summed E-state index contributed by atoms with van der Waals surface area (Å²) < 4.78 is 0. The van der Waals surface area contributed by atoms with Crippen LogP contribution in [0.1, 0.15) is 25.5 Å². The summed E-state index contributed by atoms with van der Waals surface area (Å²) in [6.07, 6.45) is 6.26. The van der Waals surface area contributed by atoms with E-state index in [2.05, 4.69) is 26.7 Å². The van der Waals surface area contributed by atoms with E-state index in [0.717, 1.165) is 24.6 Å². The first-order chi connectivity index (χ1) is 8.78. The van der Waals surface area contributed by atoms with E-state index in [1.807, 2.05) is 6.20 Å². The molecule has 1 aromatic heterocycles. The molecule has 2 saturated heterocycles. The van der Waals surface area contributed by atoms with Crippen LogP contribution >= 0.6 is 0 Å². The number of rotatable bonds is 2. The Morgan fingerprint density at radius 3 is 3.11 bits per heavy atom. The van der Waals surface area contributed by atoms with Gasteiger partial charge in [-0.15, -0.1) is 0 Å². The van der Waals surface area contributed by atoms with Crippen molar-refractivity contribution in [2.24, 2.45) is 5.73 Å². The van der Waals surface area contributed by atoms with Gasteiger partial charge in [-0.3, -0.25) is 9.88 Å². The molecular formula is C13H21N5. The lowest BCUT2D eigenvalue weighted by atomic mass is 10.1. The molecule has 1 aromatic rings. The highest BCUT2D eigenvalue weighted by atomic mass is 15.3. The summed E-state index contributed by atoms with van der Waals surface area (Å²) in [5.41, 5.74) is 6.51. The molecule has 0 bridgehead atoms. The SMILES string of the molecule is CC1CN2CCCC2CN1c1cncc(CN)n1. The van der Waals surface area contributed by atoms with Gasteiger partial charge in [0.15, 0.2) is 0 Å². The van der Waals surface area contributed by atoms with E-state index in [1.165, 1.54) is 19.4 Å². The lowest BCUT2D eigenvalue weighted by molar-refractivity contribution is 0.202. The van der Waals surface area contributed by atoms with Crippen LogP contribution < -0.4 is 10.6 Å². The lowest BCUT2D eigenvalue weighted by Crippen LogP contribution is -2.55. The second-order valence-corrected chi connectivity index (χ2v) is 5.37. The number of anilines is 1. The van der Waals surface area contributed by atoms with E-state index in [4.69, 9.17) is 5.73 Å². The molecule has 2 aliphatic rings. The molecule has 2 unspecified atom stereocenters. The highest BCUT2D eigenvalue weighted by Gasteiger charge is 2.34. The largest absolute Gasteiger partial charge is 0.350 e. The number of fused-ring (bicyclic) bond motifs is 1. The summed E-state index contributed by atoms with van der Waals surface area (Å²) in [6.45, 7) is 6.20. The van der Waals surface area contributed by atoms with Gasteiger partial charge in [-0.25, -0.2) is 4.98 Å². The van der Waals surface area contributed by atoms with Gasteiger partial charge in [-0.2, -0.15) is 0 Å². The van der Waals surface area contributed by atoms with Gasteiger partial charge in [0.1, 0.15) is 5.82 Å². The summed E-state index contributed by atoms with van der Waals surface area (Å²) in [5, 5.41) is 0. The van der Waals surface area contributed by atoms with E-state index in [1.54, 1.807) is 6.20 Å². The fourth-order valence-electron chi connectivity index (χ4n) is 3.14. The molecule has 2 aliphatic heterocycles. The Kier molecular flexibility index (Phi) is 3.18. The molecule has 2 N–H and O–H groups in total. The molecule has 5 heteroatoms. The van der Waals surface area contributed by atoms with Gasteiger partial charge in [0, 0.05) is 37.9 Å². The zero-order valence-corrected chi connectivity index (χ0v) is 10.9. The molecule has 98 valence electrons. The molecule has 0 aliphatic carbocycles. The molecule has 0 saturated carbocycles. The molecule has 2 fully saturated rings. The summed E-state index contributed by atoms with van der Waals surface area (Å²) in [5.74, 6) is 0.983. The maximum Gasteiger partial charge on any atom is 0.147 e. The monoisotopic (exact) mass is 247 g/mol. The van der Waals surface area contributed by atoms with Crippen LogP contribution in [0.5, 0.6) is 0 Å². The average molecular weight is 247 g/mol. The minimum atomic E-state index is 0.457. The van der Waals surface area contributed by atoms with Gasteiger partial charge >= 0.3 is 0 Å². The number of hydrogen-bond donors (Lipinski definition) is 1. The lowest BCUT2D eigenvalue weighted by Gasteiger charge is -2.42. The van der Waals surface area contributed by atoms with Crippen molar-refractivity contribution >= 4 is 5.82 Å². The van der Waals surface area contributed by atoms with Crippen molar-refractivity contribution in [1.82, 2.24) is 14.9 Å². The molecule has 0 aromatic carbocycles. The Bertz CT molecular complexity index is 422. The number of hydrogen-bond acceptors (Lipinski definition) is 5. The number of nitrogens with zero attached hydrogens (tertiary/aromatic N) is 4. The van der Waals surface area contributed by atoms with Gasteiger partial charge in [-0.05, 0) is 26.3 Å². The highest BCUT2D eigenvalue weighted by Crippen LogP contribution is 2.27. The molecule has 0 amide bonds. The van der Waals surface area contributed by atoms with E-state index in [9.17, 15) is 0 Å². The molecule has 0 spiro atoms. The van der Waals surface area contributed by atoms with Crippen molar-refractivity contribution in [2.45, 2.75) is 38.4 Å². The smallest absolute Gasteiger partial charge is 0.147 e. The maximum absolute atomic E-state index is 5.64. The third-order valence-electron chi connectivity index (χ3n) is 4.11. The molecule has 3 heterocycles. The van der Waals surface area contributed by atoms with Crippen LogP contribution in [0.3, 0.4) is 0 Å². The van der Waals surface area contributed by atoms with Crippen molar-refractivity contribution in [2.75, 3.05) is 24.5 Å². The van der Waals surface area contributed by atoms with E-state index >= 15 is 0 Å². The summed E-state index contributed by atoms with van der Waals surface area (Å²) in [4.78, 5) is 13.9. The van der Waals surface area contributed by atoms with Crippen molar-refractivity contribution in [1.29, 1.82) is 0 Å². The molecule has 5 nitrogen and oxygen atoms in total. The van der Waals surface area contributed by atoms with Gasteiger partial charge < -0.3 is 10.6 Å². The maximum atomic E-state index is 5.64. The second-order valence-electron chi connectivity index (χ2n) is 5.37. The number of nitrogens with two attached hydrogens (primary N) is 1. The van der Waals surface area contributed by atoms with Gasteiger partial charge in [0.25, 0.3) is 0 Å². The molecular weight excluding hydrogens is 226 g/mol. The minimum Gasteiger partial charge on any atom is -0.350 e. The third kappa shape index (κ3) is 2.08. The Morgan fingerprint density at radius 1 is 1.39 bits per heavy atom. The molecule has 18 heavy (non-hydrogen) atoms.